The topological polar surface area (TPSA) is 26.0 Å². The smallest absolute Gasteiger partial charge is 0.167 e. The van der Waals surface area contributed by atoms with Crippen molar-refractivity contribution in [1.82, 2.24) is 5.16 Å². The summed E-state index contributed by atoms with van der Waals surface area (Å²) in [6.07, 6.45) is 0. The highest BCUT2D eigenvalue weighted by atomic mass is 32.1. The molecule has 0 spiro atoms. The maximum atomic E-state index is 5.20. The van der Waals surface area contributed by atoms with E-state index in [0.29, 0.717) is 5.75 Å². The molecule has 1 aromatic carbocycles. The predicted octanol–water partition coefficient (Wildman–Crippen LogP) is 3.08. The van der Waals surface area contributed by atoms with Gasteiger partial charge in [-0.05, 0) is 13.0 Å². The van der Waals surface area contributed by atoms with Gasteiger partial charge in [0.25, 0.3) is 0 Å². The van der Waals surface area contributed by atoms with Crippen molar-refractivity contribution >= 4 is 12.6 Å². The molecule has 0 unspecified atom stereocenters. The van der Waals surface area contributed by atoms with E-state index >= 15 is 0 Å². The Morgan fingerprint density at radius 2 is 2.21 bits per heavy atom. The number of nitrogens with zero attached hydrogens (tertiary/aromatic N) is 1. The molecule has 72 valence electrons. The van der Waals surface area contributed by atoms with E-state index < -0.39 is 0 Å². The van der Waals surface area contributed by atoms with Crippen LogP contribution in [0.1, 0.15) is 11.3 Å². The van der Waals surface area contributed by atoms with Crippen molar-refractivity contribution < 1.29 is 4.52 Å². The first-order valence-electron chi connectivity index (χ1n) is 4.43. The van der Waals surface area contributed by atoms with Gasteiger partial charge in [-0.1, -0.05) is 28.9 Å². The van der Waals surface area contributed by atoms with Gasteiger partial charge < -0.3 is 4.52 Å². The first kappa shape index (κ1) is 9.34. The monoisotopic (exact) mass is 205 g/mol. The Morgan fingerprint density at radius 1 is 1.36 bits per heavy atom. The van der Waals surface area contributed by atoms with Crippen LogP contribution in [-0.4, -0.2) is 5.16 Å². The second-order valence-corrected chi connectivity index (χ2v) is 3.53. The molecule has 0 saturated carbocycles. The summed E-state index contributed by atoms with van der Waals surface area (Å²) in [5.74, 6) is 1.41. The van der Waals surface area contributed by atoms with Gasteiger partial charge in [-0.3, -0.25) is 0 Å². The van der Waals surface area contributed by atoms with Crippen LogP contribution in [0.15, 0.2) is 34.9 Å². The summed E-state index contributed by atoms with van der Waals surface area (Å²) < 4.78 is 5.20. The molecule has 0 amide bonds. The third-order valence-electron chi connectivity index (χ3n) is 2.02. The molecule has 2 nitrogen and oxygen atoms in total. The van der Waals surface area contributed by atoms with E-state index in [4.69, 9.17) is 4.52 Å². The van der Waals surface area contributed by atoms with Gasteiger partial charge in [0, 0.05) is 17.4 Å². The lowest BCUT2D eigenvalue weighted by Crippen LogP contribution is -1.75. The first-order chi connectivity index (χ1) is 6.79. The average molecular weight is 205 g/mol. The van der Waals surface area contributed by atoms with E-state index in [1.807, 2.05) is 18.2 Å². The molecule has 2 rings (SSSR count). The zero-order valence-corrected chi connectivity index (χ0v) is 8.79. The summed E-state index contributed by atoms with van der Waals surface area (Å²) in [4.78, 5) is 0. The lowest BCUT2D eigenvalue weighted by molar-refractivity contribution is 0.426. The summed E-state index contributed by atoms with van der Waals surface area (Å²) in [5.41, 5.74) is 3.14. The normalized spacial score (nSPS) is 10.4. The Hall–Kier alpha value is -1.22. The molecule has 0 atom stereocenters. The van der Waals surface area contributed by atoms with Crippen molar-refractivity contribution in [3.05, 3.63) is 41.6 Å². The highest BCUT2D eigenvalue weighted by Crippen LogP contribution is 2.21. The molecule has 0 saturated heterocycles. The Bertz CT molecular complexity index is 436. The maximum absolute atomic E-state index is 5.20. The van der Waals surface area contributed by atoms with E-state index in [9.17, 15) is 0 Å². The Morgan fingerprint density at radius 3 is 2.86 bits per heavy atom. The largest absolute Gasteiger partial charge is 0.356 e. The quantitative estimate of drug-likeness (QED) is 0.762. The van der Waals surface area contributed by atoms with Crippen LogP contribution in [0, 0.1) is 6.92 Å². The van der Waals surface area contributed by atoms with Gasteiger partial charge in [0.15, 0.2) is 5.76 Å². The minimum Gasteiger partial charge on any atom is -0.356 e. The lowest BCUT2D eigenvalue weighted by atomic mass is 10.1. The summed E-state index contributed by atoms with van der Waals surface area (Å²) >= 11 is 4.13. The van der Waals surface area contributed by atoms with E-state index in [1.165, 1.54) is 5.56 Å². The van der Waals surface area contributed by atoms with Gasteiger partial charge in [-0.2, -0.15) is 12.6 Å². The van der Waals surface area contributed by atoms with Crippen molar-refractivity contribution in [3.8, 4) is 11.3 Å². The fraction of sp³-hybridized carbons (Fsp3) is 0.182. The summed E-state index contributed by atoms with van der Waals surface area (Å²) in [7, 11) is 0. The van der Waals surface area contributed by atoms with Crippen LogP contribution < -0.4 is 0 Å². The van der Waals surface area contributed by atoms with Crippen LogP contribution in [0.3, 0.4) is 0 Å². The van der Waals surface area contributed by atoms with E-state index in [2.05, 4.69) is 36.8 Å². The molecule has 0 aliphatic heterocycles. The summed E-state index contributed by atoms with van der Waals surface area (Å²) in [5, 5.41) is 3.89. The number of hydrogen-bond donors (Lipinski definition) is 1. The Kier molecular flexibility index (Phi) is 2.59. The lowest BCUT2D eigenvalue weighted by Gasteiger charge is -1.95. The Labute approximate surface area is 88.3 Å². The first-order valence-corrected chi connectivity index (χ1v) is 5.06. The van der Waals surface area contributed by atoms with Crippen LogP contribution >= 0.6 is 12.6 Å². The summed E-state index contributed by atoms with van der Waals surface area (Å²) in [6, 6.07) is 10.1. The van der Waals surface area contributed by atoms with E-state index in [0.717, 1.165) is 17.0 Å². The molecule has 0 radical (unpaired) electrons. The molecule has 3 heteroatoms. The van der Waals surface area contributed by atoms with Crippen LogP contribution in [0.25, 0.3) is 11.3 Å². The maximum Gasteiger partial charge on any atom is 0.167 e. The van der Waals surface area contributed by atoms with Gasteiger partial charge in [-0.25, -0.2) is 0 Å². The van der Waals surface area contributed by atoms with Crippen molar-refractivity contribution in [2.45, 2.75) is 12.7 Å². The second-order valence-electron chi connectivity index (χ2n) is 3.21. The van der Waals surface area contributed by atoms with Crippen molar-refractivity contribution in [1.29, 1.82) is 0 Å². The third-order valence-corrected chi connectivity index (χ3v) is 2.35. The Balaban J connectivity index is 2.39. The van der Waals surface area contributed by atoms with E-state index in [1.54, 1.807) is 0 Å². The van der Waals surface area contributed by atoms with Gasteiger partial charge in [0.2, 0.25) is 0 Å². The number of aryl methyl sites for hydroxylation is 1. The predicted molar refractivity (Wildman–Crippen MR) is 59.4 cm³/mol. The number of thiol groups is 1. The van der Waals surface area contributed by atoms with Crippen LogP contribution in [-0.2, 0) is 5.75 Å². The fourth-order valence-corrected chi connectivity index (χ4v) is 1.47. The minimum atomic E-state index is 0.606. The molecular weight excluding hydrogens is 194 g/mol. The zero-order valence-electron chi connectivity index (χ0n) is 7.90. The molecule has 0 bridgehead atoms. The molecule has 0 N–H and O–H groups in total. The highest BCUT2D eigenvalue weighted by molar-refractivity contribution is 7.79. The number of rotatable bonds is 2. The number of aromatic nitrogens is 1. The molecule has 2 aromatic rings. The molecule has 0 aliphatic rings. The van der Waals surface area contributed by atoms with Gasteiger partial charge in [-0.15, -0.1) is 0 Å². The van der Waals surface area contributed by atoms with Gasteiger partial charge in [0.1, 0.15) is 0 Å². The molecule has 1 heterocycles. The second kappa shape index (κ2) is 3.88. The average Bonchev–Trinajstić information content (AvgIpc) is 2.66. The van der Waals surface area contributed by atoms with Crippen LogP contribution in [0.2, 0.25) is 0 Å². The molecule has 0 aliphatic carbocycles. The third kappa shape index (κ3) is 1.82. The van der Waals surface area contributed by atoms with Crippen molar-refractivity contribution in [3.63, 3.8) is 0 Å². The minimum absolute atomic E-state index is 0.606. The van der Waals surface area contributed by atoms with Crippen molar-refractivity contribution in [2.75, 3.05) is 0 Å². The highest BCUT2D eigenvalue weighted by Gasteiger charge is 2.04. The number of hydrogen-bond acceptors (Lipinski definition) is 3. The SMILES string of the molecule is Cc1cccc(-c2cc(CS)no2)c1. The molecule has 0 fully saturated rings. The zero-order chi connectivity index (χ0) is 9.97. The van der Waals surface area contributed by atoms with Crippen molar-refractivity contribution in [2.24, 2.45) is 0 Å². The number of benzene rings is 1. The summed E-state index contributed by atoms with van der Waals surface area (Å²) in [6.45, 7) is 2.05. The molecule has 14 heavy (non-hydrogen) atoms. The van der Waals surface area contributed by atoms with Gasteiger partial charge in [0.05, 0.1) is 5.69 Å². The van der Waals surface area contributed by atoms with Crippen LogP contribution in [0.4, 0.5) is 0 Å². The fourth-order valence-electron chi connectivity index (χ4n) is 1.32. The van der Waals surface area contributed by atoms with E-state index in [-0.39, 0.29) is 0 Å². The molecular formula is C11H11NOS. The van der Waals surface area contributed by atoms with Crippen LogP contribution in [0.5, 0.6) is 0 Å². The molecule has 1 aromatic heterocycles. The standard InChI is InChI=1S/C11H11NOS/c1-8-3-2-4-9(5-8)11-6-10(7-14)12-13-11/h2-6,14H,7H2,1H3. The van der Waals surface area contributed by atoms with Gasteiger partial charge >= 0.3 is 0 Å².